The minimum Gasteiger partial charge on any atom is -0.326 e. The van der Waals surface area contributed by atoms with Gasteiger partial charge in [0.1, 0.15) is 5.82 Å². The summed E-state index contributed by atoms with van der Waals surface area (Å²) in [5.74, 6) is 0.346. The fourth-order valence-corrected chi connectivity index (χ4v) is 2.83. The maximum absolute atomic E-state index is 12.9. The third kappa shape index (κ3) is 4.06. The minimum absolute atomic E-state index is 0. The lowest BCUT2D eigenvalue weighted by atomic mass is 10.1. The monoisotopic (exact) mass is 324 g/mol. The highest BCUT2D eigenvalue weighted by molar-refractivity contribution is 5.85. The highest BCUT2D eigenvalue weighted by Gasteiger charge is 2.26. The molecule has 0 amide bonds. The average Bonchev–Trinajstić information content (AvgIpc) is 3.00. The number of rotatable bonds is 4. The summed E-state index contributed by atoms with van der Waals surface area (Å²) in [4.78, 5) is 2.37. The number of halogens is 2. The molecule has 1 aromatic heterocycles. The number of hydrogen-bond acceptors (Lipinski definition) is 3. The summed E-state index contributed by atoms with van der Waals surface area (Å²) >= 11 is 0. The van der Waals surface area contributed by atoms with Gasteiger partial charge in [-0.05, 0) is 23.6 Å². The van der Waals surface area contributed by atoms with Crippen LogP contribution in [0.1, 0.15) is 18.1 Å². The number of nitrogens with two attached hydrogens (primary N) is 1. The number of aromatic nitrogens is 2. The van der Waals surface area contributed by atoms with E-state index in [1.807, 2.05) is 10.9 Å². The molecule has 0 radical (unpaired) electrons. The van der Waals surface area contributed by atoms with E-state index in [2.05, 4.69) is 23.1 Å². The van der Waals surface area contributed by atoms with Crippen LogP contribution in [-0.2, 0) is 13.1 Å². The summed E-state index contributed by atoms with van der Waals surface area (Å²) in [5.41, 5.74) is 8.29. The Morgan fingerprint density at radius 2 is 1.91 bits per heavy atom. The zero-order chi connectivity index (χ0) is 14.8. The van der Waals surface area contributed by atoms with E-state index in [1.165, 1.54) is 17.7 Å². The van der Waals surface area contributed by atoms with Gasteiger partial charge in [0.2, 0.25) is 0 Å². The molecule has 1 fully saturated rings. The second kappa shape index (κ2) is 7.22. The summed E-state index contributed by atoms with van der Waals surface area (Å²) in [6, 6.07) is 6.81. The van der Waals surface area contributed by atoms with Gasteiger partial charge in [-0.1, -0.05) is 19.1 Å². The van der Waals surface area contributed by atoms with E-state index in [1.54, 1.807) is 12.1 Å². The van der Waals surface area contributed by atoms with Gasteiger partial charge < -0.3 is 5.73 Å². The molecule has 2 atom stereocenters. The van der Waals surface area contributed by atoms with Crippen molar-refractivity contribution in [3.05, 3.63) is 53.6 Å². The lowest BCUT2D eigenvalue weighted by Crippen LogP contribution is -2.28. The standard InChI is InChI=1S/C16H21FN4.ClH/c1-12-7-20(11-16(12)18)8-14-6-19-21(10-14)9-13-2-4-15(17)5-3-13;/h2-6,10,12,16H,7-9,11,18H2,1H3;1H. The van der Waals surface area contributed by atoms with Crippen molar-refractivity contribution in [3.63, 3.8) is 0 Å². The SMILES string of the molecule is CC1CN(Cc2cnn(Cc3ccc(F)cc3)c2)CC1N.Cl. The van der Waals surface area contributed by atoms with Crippen LogP contribution >= 0.6 is 12.4 Å². The quantitative estimate of drug-likeness (QED) is 0.938. The molecule has 4 nitrogen and oxygen atoms in total. The van der Waals surface area contributed by atoms with Gasteiger partial charge in [0.25, 0.3) is 0 Å². The smallest absolute Gasteiger partial charge is 0.123 e. The summed E-state index contributed by atoms with van der Waals surface area (Å²) < 4.78 is 14.8. The second-order valence-corrected chi connectivity index (χ2v) is 6.01. The molecule has 22 heavy (non-hydrogen) atoms. The van der Waals surface area contributed by atoms with E-state index in [0.29, 0.717) is 12.5 Å². The van der Waals surface area contributed by atoms with Gasteiger partial charge in [-0.25, -0.2) is 4.39 Å². The maximum atomic E-state index is 12.9. The van der Waals surface area contributed by atoms with Crippen molar-refractivity contribution in [1.29, 1.82) is 0 Å². The molecule has 1 aliphatic heterocycles. The summed E-state index contributed by atoms with van der Waals surface area (Å²) in [6.45, 7) is 5.74. The van der Waals surface area contributed by atoms with Crippen molar-refractivity contribution < 1.29 is 4.39 Å². The Hall–Kier alpha value is -1.43. The van der Waals surface area contributed by atoms with Gasteiger partial charge in [0, 0.05) is 37.4 Å². The van der Waals surface area contributed by atoms with E-state index in [-0.39, 0.29) is 24.3 Å². The van der Waals surface area contributed by atoms with Crippen molar-refractivity contribution in [3.8, 4) is 0 Å². The topological polar surface area (TPSA) is 47.1 Å². The van der Waals surface area contributed by atoms with Gasteiger partial charge in [0.15, 0.2) is 0 Å². The number of likely N-dealkylation sites (tertiary alicyclic amines) is 1. The van der Waals surface area contributed by atoms with Gasteiger partial charge in [0.05, 0.1) is 12.7 Å². The first kappa shape index (κ1) is 16.9. The van der Waals surface area contributed by atoms with E-state index < -0.39 is 0 Å². The predicted octanol–water partition coefficient (Wildman–Crippen LogP) is 2.27. The molecule has 1 saturated heterocycles. The van der Waals surface area contributed by atoms with Crippen molar-refractivity contribution in [2.45, 2.75) is 26.1 Å². The van der Waals surface area contributed by atoms with Gasteiger partial charge in [-0.15, -0.1) is 12.4 Å². The van der Waals surface area contributed by atoms with Crippen LogP contribution < -0.4 is 5.73 Å². The van der Waals surface area contributed by atoms with Crippen molar-refractivity contribution in [2.24, 2.45) is 11.7 Å². The first-order valence-electron chi connectivity index (χ1n) is 7.34. The highest BCUT2D eigenvalue weighted by atomic mass is 35.5. The Kier molecular flexibility index (Phi) is 5.56. The van der Waals surface area contributed by atoms with Crippen LogP contribution in [0.4, 0.5) is 4.39 Å². The number of benzene rings is 1. The molecule has 0 saturated carbocycles. The molecule has 2 aromatic rings. The van der Waals surface area contributed by atoms with Crippen LogP contribution in [0.2, 0.25) is 0 Å². The zero-order valence-electron chi connectivity index (χ0n) is 12.7. The first-order valence-corrected chi connectivity index (χ1v) is 7.34. The lowest BCUT2D eigenvalue weighted by molar-refractivity contribution is 0.319. The third-order valence-corrected chi connectivity index (χ3v) is 4.10. The van der Waals surface area contributed by atoms with Crippen LogP contribution in [0.25, 0.3) is 0 Å². The Morgan fingerprint density at radius 3 is 2.55 bits per heavy atom. The summed E-state index contributed by atoms with van der Waals surface area (Å²) in [6.07, 6.45) is 3.95. The minimum atomic E-state index is -0.209. The normalized spacial score (nSPS) is 21.8. The van der Waals surface area contributed by atoms with Crippen LogP contribution in [0.3, 0.4) is 0 Å². The van der Waals surface area contributed by atoms with Crippen molar-refractivity contribution in [2.75, 3.05) is 13.1 Å². The summed E-state index contributed by atoms with van der Waals surface area (Å²) in [7, 11) is 0. The van der Waals surface area contributed by atoms with E-state index in [9.17, 15) is 4.39 Å². The molecular weight excluding hydrogens is 303 g/mol. The van der Waals surface area contributed by atoms with Crippen LogP contribution in [0, 0.1) is 11.7 Å². The number of hydrogen-bond donors (Lipinski definition) is 1. The Balaban J connectivity index is 0.00000176. The van der Waals surface area contributed by atoms with E-state index in [4.69, 9.17) is 5.73 Å². The fourth-order valence-electron chi connectivity index (χ4n) is 2.83. The Bertz CT molecular complexity index is 588. The molecule has 3 rings (SSSR count). The molecule has 1 aliphatic rings. The highest BCUT2D eigenvalue weighted by Crippen LogP contribution is 2.17. The molecule has 120 valence electrons. The molecular formula is C16H22ClFN4. The van der Waals surface area contributed by atoms with E-state index >= 15 is 0 Å². The molecule has 2 N–H and O–H groups in total. The molecule has 2 heterocycles. The molecule has 0 spiro atoms. The maximum Gasteiger partial charge on any atom is 0.123 e. The summed E-state index contributed by atoms with van der Waals surface area (Å²) in [5, 5.41) is 4.38. The molecule has 2 unspecified atom stereocenters. The number of nitrogens with zero attached hydrogens (tertiary/aromatic N) is 3. The molecule has 1 aromatic carbocycles. The Morgan fingerprint density at radius 1 is 1.18 bits per heavy atom. The first-order chi connectivity index (χ1) is 10.1. The largest absolute Gasteiger partial charge is 0.326 e. The van der Waals surface area contributed by atoms with Crippen LogP contribution in [-0.4, -0.2) is 33.8 Å². The van der Waals surface area contributed by atoms with Crippen LogP contribution in [0.15, 0.2) is 36.7 Å². The van der Waals surface area contributed by atoms with Crippen molar-refractivity contribution in [1.82, 2.24) is 14.7 Å². The second-order valence-electron chi connectivity index (χ2n) is 6.01. The molecule has 6 heteroatoms. The molecule has 0 aliphatic carbocycles. The van der Waals surface area contributed by atoms with Crippen LogP contribution in [0.5, 0.6) is 0 Å². The van der Waals surface area contributed by atoms with E-state index in [0.717, 1.165) is 25.2 Å². The molecule has 0 bridgehead atoms. The van der Waals surface area contributed by atoms with Gasteiger partial charge >= 0.3 is 0 Å². The zero-order valence-corrected chi connectivity index (χ0v) is 13.5. The fraction of sp³-hybridized carbons (Fsp3) is 0.438. The average molecular weight is 325 g/mol. The Labute approximate surface area is 136 Å². The van der Waals surface area contributed by atoms with Crippen molar-refractivity contribution >= 4 is 12.4 Å². The van der Waals surface area contributed by atoms with Gasteiger partial charge in [-0.2, -0.15) is 5.10 Å². The van der Waals surface area contributed by atoms with Gasteiger partial charge in [-0.3, -0.25) is 9.58 Å². The lowest BCUT2D eigenvalue weighted by Gasteiger charge is -2.13. The predicted molar refractivity (Wildman–Crippen MR) is 87.4 cm³/mol. The third-order valence-electron chi connectivity index (χ3n) is 4.10.